The molecule has 0 unspecified atom stereocenters. The van der Waals surface area contributed by atoms with E-state index in [1.807, 2.05) is 30.3 Å². The van der Waals surface area contributed by atoms with Gasteiger partial charge in [-0.3, -0.25) is 0 Å². The summed E-state index contributed by atoms with van der Waals surface area (Å²) in [5.41, 5.74) is 2.35. The van der Waals surface area contributed by atoms with Crippen molar-refractivity contribution in [2.75, 3.05) is 0 Å². The number of hydrogen-bond acceptors (Lipinski definition) is 2. The van der Waals surface area contributed by atoms with E-state index in [0.717, 1.165) is 4.88 Å². The number of fused-ring (bicyclic) bond motifs is 1. The third-order valence-corrected chi connectivity index (χ3v) is 4.03. The molecule has 1 heterocycles. The normalized spacial score (nSPS) is 10.9. The molecule has 3 aromatic rings. The van der Waals surface area contributed by atoms with Gasteiger partial charge in [0.1, 0.15) is 0 Å². The Hall–Kier alpha value is -1.64. The summed E-state index contributed by atoms with van der Waals surface area (Å²) in [6.07, 6.45) is 0. The van der Waals surface area contributed by atoms with Crippen LogP contribution >= 0.6 is 11.3 Å². The molecule has 1 nitrogen and oxygen atoms in total. The molecule has 17 heavy (non-hydrogen) atoms. The quantitative estimate of drug-likeness (QED) is 0.716. The van der Waals surface area contributed by atoms with Gasteiger partial charge in [-0.2, -0.15) is 0 Å². The Balaban J connectivity index is 2.34. The summed E-state index contributed by atoms with van der Waals surface area (Å²) in [4.78, 5) is 1.04. The summed E-state index contributed by atoms with van der Waals surface area (Å²) in [5.74, 6) is 0. The van der Waals surface area contributed by atoms with Crippen molar-refractivity contribution in [3.63, 3.8) is 0 Å². The number of thiophene rings is 1. The Bertz CT molecular complexity index is 640. The lowest BCUT2D eigenvalue weighted by Gasteiger charge is -2.02. The van der Waals surface area contributed by atoms with Crippen molar-refractivity contribution >= 4 is 21.4 Å². The molecule has 0 saturated carbocycles. The van der Waals surface area contributed by atoms with Crippen LogP contribution in [0.15, 0.2) is 54.6 Å². The zero-order valence-corrected chi connectivity index (χ0v) is 10.1. The van der Waals surface area contributed by atoms with Crippen LogP contribution in [-0.2, 0) is 6.61 Å². The molecular weight excluding hydrogens is 228 g/mol. The maximum absolute atomic E-state index is 9.49. The molecule has 0 aliphatic heterocycles. The summed E-state index contributed by atoms with van der Waals surface area (Å²) in [6.45, 7) is 0.101. The zero-order chi connectivity index (χ0) is 11.7. The lowest BCUT2D eigenvalue weighted by molar-refractivity contribution is 0.286. The lowest BCUT2D eigenvalue weighted by Crippen LogP contribution is -1.82. The topological polar surface area (TPSA) is 20.2 Å². The van der Waals surface area contributed by atoms with E-state index in [9.17, 15) is 5.11 Å². The number of hydrogen-bond donors (Lipinski definition) is 1. The second-order valence-electron chi connectivity index (χ2n) is 3.92. The number of aliphatic hydroxyl groups excluding tert-OH is 1. The molecule has 0 saturated heterocycles. The van der Waals surface area contributed by atoms with Crippen LogP contribution in [0, 0.1) is 0 Å². The number of benzene rings is 2. The van der Waals surface area contributed by atoms with Gasteiger partial charge in [-0.25, -0.2) is 0 Å². The van der Waals surface area contributed by atoms with Crippen molar-refractivity contribution in [1.29, 1.82) is 0 Å². The van der Waals surface area contributed by atoms with Gasteiger partial charge in [-0.15, -0.1) is 11.3 Å². The summed E-state index contributed by atoms with van der Waals surface area (Å²) in [7, 11) is 0. The highest BCUT2D eigenvalue weighted by atomic mass is 32.1. The van der Waals surface area contributed by atoms with Crippen LogP contribution in [0.5, 0.6) is 0 Å². The fraction of sp³-hybridized carbons (Fsp3) is 0.0667. The lowest BCUT2D eigenvalue weighted by atomic mass is 10.0. The van der Waals surface area contributed by atoms with E-state index in [1.165, 1.54) is 21.2 Å². The smallest absolute Gasteiger partial charge is 0.0781 e. The summed E-state index contributed by atoms with van der Waals surface area (Å²) in [5, 5.41) is 10.7. The third-order valence-electron chi connectivity index (χ3n) is 2.87. The van der Waals surface area contributed by atoms with E-state index in [1.54, 1.807) is 11.3 Å². The van der Waals surface area contributed by atoms with Crippen molar-refractivity contribution in [3.8, 4) is 11.1 Å². The van der Waals surface area contributed by atoms with Gasteiger partial charge in [0.2, 0.25) is 0 Å². The van der Waals surface area contributed by atoms with Crippen LogP contribution in [0.4, 0.5) is 0 Å². The molecule has 0 amide bonds. The average Bonchev–Trinajstić information content (AvgIpc) is 2.78. The minimum absolute atomic E-state index is 0.101. The highest BCUT2D eigenvalue weighted by Crippen LogP contribution is 2.38. The van der Waals surface area contributed by atoms with Crippen LogP contribution in [0.3, 0.4) is 0 Å². The first kappa shape index (κ1) is 10.5. The van der Waals surface area contributed by atoms with E-state index in [2.05, 4.69) is 24.3 Å². The molecule has 0 spiro atoms. The Morgan fingerprint density at radius 1 is 0.882 bits per heavy atom. The first-order valence-electron chi connectivity index (χ1n) is 5.57. The van der Waals surface area contributed by atoms with Gasteiger partial charge in [-0.05, 0) is 11.6 Å². The Kier molecular flexibility index (Phi) is 2.67. The highest BCUT2D eigenvalue weighted by molar-refractivity contribution is 7.19. The summed E-state index contributed by atoms with van der Waals surface area (Å²) < 4.78 is 1.23. The van der Waals surface area contributed by atoms with E-state index in [0.29, 0.717) is 0 Å². The van der Waals surface area contributed by atoms with Gasteiger partial charge < -0.3 is 5.11 Å². The van der Waals surface area contributed by atoms with Crippen LogP contribution in [-0.4, -0.2) is 5.11 Å². The minimum atomic E-state index is 0.101. The van der Waals surface area contributed by atoms with E-state index < -0.39 is 0 Å². The molecule has 0 radical (unpaired) electrons. The molecule has 2 aromatic carbocycles. The molecule has 1 aromatic heterocycles. The Labute approximate surface area is 104 Å². The predicted molar refractivity (Wildman–Crippen MR) is 73.2 cm³/mol. The standard InChI is InChI=1S/C15H12OS/c16-10-14-15(11-6-2-1-3-7-11)12-8-4-5-9-13(12)17-14/h1-9,16H,10H2. The van der Waals surface area contributed by atoms with Crippen molar-refractivity contribution < 1.29 is 5.11 Å². The SMILES string of the molecule is OCc1sc2ccccc2c1-c1ccccc1. The van der Waals surface area contributed by atoms with Crippen molar-refractivity contribution in [3.05, 3.63) is 59.5 Å². The monoisotopic (exact) mass is 240 g/mol. The van der Waals surface area contributed by atoms with Gasteiger partial charge in [-0.1, -0.05) is 48.5 Å². The van der Waals surface area contributed by atoms with Crippen molar-refractivity contribution in [2.45, 2.75) is 6.61 Å². The van der Waals surface area contributed by atoms with Gasteiger partial charge in [0, 0.05) is 20.5 Å². The Morgan fingerprint density at radius 3 is 2.35 bits per heavy atom. The van der Waals surface area contributed by atoms with Gasteiger partial charge >= 0.3 is 0 Å². The van der Waals surface area contributed by atoms with Gasteiger partial charge in [0.05, 0.1) is 6.61 Å². The van der Waals surface area contributed by atoms with Crippen LogP contribution in [0.2, 0.25) is 0 Å². The van der Waals surface area contributed by atoms with Crippen LogP contribution in [0.25, 0.3) is 21.2 Å². The minimum Gasteiger partial charge on any atom is -0.391 e. The molecule has 0 aliphatic carbocycles. The first-order chi connectivity index (χ1) is 8.40. The van der Waals surface area contributed by atoms with Crippen LogP contribution in [0.1, 0.15) is 4.88 Å². The zero-order valence-electron chi connectivity index (χ0n) is 9.26. The maximum Gasteiger partial charge on any atom is 0.0781 e. The molecule has 0 atom stereocenters. The van der Waals surface area contributed by atoms with Gasteiger partial charge in [0.15, 0.2) is 0 Å². The van der Waals surface area contributed by atoms with Crippen molar-refractivity contribution in [2.24, 2.45) is 0 Å². The fourth-order valence-electron chi connectivity index (χ4n) is 2.13. The molecule has 84 valence electrons. The van der Waals surface area contributed by atoms with Crippen molar-refractivity contribution in [1.82, 2.24) is 0 Å². The third kappa shape index (κ3) is 1.75. The fourth-order valence-corrected chi connectivity index (χ4v) is 3.22. The summed E-state index contributed by atoms with van der Waals surface area (Å²) >= 11 is 1.67. The van der Waals surface area contributed by atoms with E-state index in [-0.39, 0.29) is 6.61 Å². The number of rotatable bonds is 2. The molecular formula is C15H12OS. The molecule has 0 aliphatic rings. The van der Waals surface area contributed by atoms with E-state index >= 15 is 0 Å². The van der Waals surface area contributed by atoms with Gasteiger partial charge in [0.25, 0.3) is 0 Å². The second kappa shape index (κ2) is 4.32. The average molecular weight is 240 g/mol. The number of aliphatic hydroxyl groups is 1. The first-order valence-corrected chi connectivity index (χ1v) is 6.38. The highest BCUT2D eigenvalue weighted by Gasteiger charge is 2.12. The summed E-state index contributed by atoms with van der Waals surface area (Å²) in [6, 6.07) is 18.6. The molecule has 0 bridgehead atoms. The van der Waals surface area contributed by atoms with Crippen LogP contribution < -0.4 is 0 Å². The van der Waals surface area contributed by atoms with E-state index in [4.69, 9.17) is 0 Å². The largest absolute Gasteiger partial charge is 0.391 e. The molecule has 2 heteroatoms. The second-order valence-corrected chi connectivity index (χ2v) is 5.06. The Morgan fingerprint density at radius 2 is 1.59 bits per heavy atom. The molecule has 1 N–H and O–H groups in total. The predicted octanol–water partition coefficient (Wildman–Crippen LogP) is 4.06. The molecule has 0 fully saturated rings. The maximum atomic E-state index is 9.49. The molecule has 3 rings (SSSR count).